The summed E-state index contributed by atoms with van der Waals surface area (Å²) in [6.45, 7) is 5.39. The molecule has 4 heteroatoms. The van der Waals surface area contributed by atoms with E-state index < -0.39 is 6.04 Å². The van der Waals surface area contributed by atoms with Crippen molar-refractivity contribution in [2.24, 2.45) is 5.73 Å². The fourth-order valence-corrected chi connectivity index (χ4v) is 2.23. The minimum Gasteiger partial charge on any atom is -0.337 e. The first kappa shape index (κ1) is 13.2. The maximum Gasteiger partial charge on any atom is 0.240 e. The molecule has 0 aliphatic carbocycles. The van der Waals surface area contributed by atoms with Crippen molar-refractivity contribution in [3.05, 3.63) is 12.7 Å². The second-order valence-electron chi connectivity index (χ2n) is 4.72. The van der Waals surface area contributed by atoms with Crippen LogP contribution in [0.5, 0.6) is 0 Å². The van der Waals surface area contributed by atoms with Gasteiger partial charge in [-0.1, -0.05) is 6.08 Å². The molecule has 1 saturated heterocycles. The van der Waals surface area contributed by atoms with E-state index >= 15 is 0 Å². The molecule has 0 spiro atoms. The van der Waals surface area contributed by atoms with Crippen LogP contribution in [-0.2, 0) is 4.79 Å². The molecule has 0 saturated carbocycles. The van der Waals surface area contributed by atoms with Gasteiger partial charge in [0.25, 0.3) is 0 Å². The van der Waals surface area contributed by atoms with Crippen molar-refractivity contribution in [1.29, 1.82) is 0 Å². The molecule has 0 aromatic carbocycles. The van der Waals surface area contributed by atoms with Gasteiger partial charge in [-0.05, 0) is 33.4 Å². The van der Waals surface area contributed by atoms with Gasteiger partial charge >= 0.3 is 0 Å². The first-order valence-corrected chi connectivity index (χ1v) is 5.88. The van der Waals surface area contributed by atoms with Crippen LogP contribution < -0.4 is 5.73 Å². The summed E-state index contributed by atoms with van der Waals surface area (Å²) in [5.41, 5.74) is 5.82. The summed E-state index contributed by atoms with van der Waals surface area (Å²) < 4.78 is 0. The predicted octanol–water partition coefficient (Wildman–Crippen LogP) is 0.442. The van der Waals surface area contributed by atoms with Crippen molar-refractivity contribution >= 4 is 5.91 Å². The summed E-state index contributed by atoms with van der Waals surface area (Å²) in [4.78, 5) is 16.1. The summed E-state index contributed by atoms with van der Waals surface area (Å²) in [7, 11) is 4.06. The number of likely N-dealkylation sites (tertiary alicyclic amines) is 1. The molecule has 1 amide bonds. The van der Waals surface area contributed by atoms with Crippen LogP contribution in [0.2, 0.25) is 0 Å². The highest BCUT2D eigenvalue weighted by Gasteiger charge is 2.31. The van der Waals surface area contributed by atoms with E-state index in [2.05, 4.69) is 11.5 Å². The van der Waals surface area contributed by atoms with Crippen LogP contribution in [0.4, 0.5) is 0 Å². The van der Waals surface area contributed by atoms with Gasteiger partial charge in [0.05, 0.1) is 6.04 Å². The molecule has 1 heterocycles. The maximum absolute atomic E-state index is 12.1. The summed E-state index contributed by atoms with van der Waals surface area (Å²) in [6, 6.07) is -0.0846. The van der Waals surface area contributed by atoms with Crippen molar-refractivity contribution in [1.82, 2.24) is 9.80 Å². The minimum atomic E-state index is -0.416. The molecule has 1 fully saturated rings. The molecule has 16 heavy (non-hydrogen) atoms. The van der Waals surface area contributed by atoms with E-state index in [0.29, 0.717) is 12.5 Å². The standard InChI is InChI=1S/C12H23N3O/c1-4-6-11(13)12(16)15-8-5-7-10(15)9-14(2)3/h4,10-11H,1,5-9,13H2,2-3H3. The van der Waals surface area contributed by atoms with Crippen molar-refractivity contribution in [2.45, 2.75) is 31.3 Å². The van der Waals surface area contributed by atoms with Crippen molar-refractivity contribution in [3.63, 3.8) is 0 Å². The summed E-state index contributed by atoms with van der Waals surface area (Å²) in [5, 5.41) is 0. The zero-order valence-corrected chi connectivity index (χ0v) is 10.4. The third-order valence-corrected chi connectivity index (χ3v) is 2.97. The van der Waals surface area contributed by atoms with Gasteiger partial charge in [-0.15, -0.1) is 6.58 Å². The van der Waals surface area contributed by atoms with E-state index in [-0.39, 0.29) is 5.91 Å². The Morgan fingerprint density at radius 1 is 1.69 bits per heavy atom. The molecule has 0 aromatic rings. The summed E-state index contributed by atoms with van der Waals surface area (Å²) >= 11 is 0. The molecular formula is C12H23N3O. The molecule has 2 atom stereocenters. The Morgan fingerprint density at radius 2 is 2.38 bits per heavy atom. The molecule has 2 N–H and O–H groups in total. The molecule has 0 radical (unpaired) electrons. The first-order chi connectivity index (χ1) is 7.56. The van der Waals surface area contributed by atoms with Crippen LogP contribution in [0.3, 0.4) is 0 Å². The Balaban J connectivity index is 2.56. The van der Waals surface area contributed by atoms with E-state index in [1.807, 2.05) is 19.0 Å². The number of hydrogen-bond donors (Lipinski definition) is 1. The normalized spacial score (nSPS) is 22.5. The molecule has 1 rings (SSSR count). The number of rotatable bonds is 5. The Kier molecular flexibility index (Phi) is 4.96. The highest BCUT2D eigenvalue weighted by Crippen LogP contribution is 2.19. The van der Waals surface area contributed by atoms with Crippen LogP contribution in [-0.4, -0.2) is 55.0 Å². The number of hydrogen-bond acceptors (Lipinski definition) is 3. The Labute approximate surface area is 98.1 Å². The number of likely N-dealkylation sites (N-methyl/N-ethyl adjacent to an activating group) is 1. The van der Waals surface area contributed by atoms with Crippen LogP contribution in [0.25, 0.3) is 0 Å². The number of nitrogens with zero attached hydrogens (tertiary/aromatic N) is 2. The average molecular weight is 225 g/mol. The number of nitrogens with two attached hydrogens (primary N) is 1. The molecular weight excluding hydrogens is 202 g/mol. The fourth-order valence-electron chi connectivity index (χ4n) is 2.23. The van der Waals surface area contributed by atoms with E-state index in [1.54, 1.807) is 6.08 Å². The predicted molar refractivity (Wildman–Crippen MR) is 66.1 cm³/mol. The topological polar surface area (TPSA) is 49.6 Å². The lowest BCUT2D eigenvalue weighted by molar-refractivity contribution is -0.133. The second-order valence-corrected chi connectivity index (χ2v) is 4.72. The monoisotopic (exact) mass is 225 g/mol. The smallest absolute Gasteiger partial charge is 0.240 e. The van der Waals surface area contributed by atoms with Gasteiger partial charge in [-0.3, -0.25) is 4.79 Å². The van der Waals surface area contributed by atoms with Crippen molar-refractivity contribution < 1.29 is 4.79 Å². The van der Waals surface area contributed by atoms with Gasteiger partial charge in [0.2, 0.25) is 5.91 Å². The highest BCUT2D eigenvalue weighted by molar-refractivity contribution is 5.82. The zero-order chi connectivity index (χ0) is 12.1. The largest absolute Gasteiger partial charge is 0.337 e. The van der Waals surface area contributed by atoms with Gasteiger partial charge in [-0.25, -0.2) is 0 Å². The fraction of sp³-hybridized carbons (Fsp3) is 0.750. The van der Waals surface area contributed by atoms with E-state index in [4.69, 9.17) is 5.73 Å². The molecule has 92 valence electrons. The van der Waals surface area contributed by atoms with Crippen LogP contribution in [0.1, 0.15) is 19.3 Å². The molecule has 1 aliphatic rings. The Bertz CT molecular complexity index is 253. The second kappa shape index (κ2) is 6.01. The van der Waals surface area contributed by atoms with Gasteiger partial charge in [0.1, 0.15) is 0 Å². The summed E-state index contributed by atoms with van der Waals surface area (Å²) in [6.07, 6.45) is 4.44. The zero-order valence-electron chi connectivity index (χ0n) is 10.4. The lowest BCUT2D eigenvalue weighted by Gasteiger charge is -2.29. The van der Waals surface area contributed by atoms with Gasteiger partial charge in [0.15, 0.2) is 0 Å². The summed E-state index contributed by atoms with van der Waals surface area (Å²) in [5.74, 6) is 0.0734. The first-order valence-electron chi connectivity index (χ1n) is 5.88. The van der Waals surface area contributed by atoms with E-state index in [9.17, 15) is 4.79 Å². The quantitative estimate of drug-likeness (QED) is 0.691. The third kappa shape index (κ3) is 3.32. The van der Waals surface area contributed by atoms with Crippen LogP contribution in [0, 0.1) is 0 Å². The molecule has 4 nitrogen and oxygen atoms in total. The number of carbonyl (C=O) groups excluding carboxylic acids is 1. The van der Waals surface area contributed by atoms with Gasteiger partial charge < -0.3 is 15.5 Å². The number of carbonyl (C=O) groups is 1. The lowest BCUT2D eigenvalue weighted by atomic mass is 10.1. The van der Waals surface area contributed by atoms with Crippen molar-refractivity contribution in [2.75, 3.05) is 27.2 Å². The van der Waals surface area contributed by atoms with Crippen LogP contribution in [0.15, 0.2) is 12.7 Å². The molecule has 2 unspecified atom stereocenters. The Hall–Kier alpha value is -0.870. The molecule has 1 aliphatic heterocycles. The van der Waals surface area contributed by atoms with Gasteiger partial charge in [-0.2, -0.15) is 0 Å². The molecule has 0 aromatic heterocycles. The lowest BCUT2D eigenvalue weighted by Crippen LogP contribution is -2.48. The van der Waals surface area contributed by atoms with Crippen molar-refractivity contribution in [3.8, 4) is 0 Å². The van der Waals surface area contributed by atoms with Crippen LogP contribution >= 0.6 is 0 Å². The van der Waals surface area contributed by atoms with E-state index in [0.717, 1.165) is 25.9 Å². The van der Waals surface area contributed by atoms with E-state index in [1.165, 1.54) is 0 Å². The Morgan fingerprint density at radius 3 is 2.94 bits per heavy atom. The minimum absolute atomic E-state index is 0.0734. The average Bonchev–Trinajstić information content (AvgIpc) is 2.64. The third-order valence-electron chi connectivity index (χ3n) is 2.97. The number of amides is 1. The highest BCUT2D eigenvalue weighted by atomic mass is 16.2. The SMILES string of the molecule is C=CCC(N)C(=O)N1CCCC1CN(C)C. The maximum atomic E-state index is 12.1. The van der Waals surface area contributed by atoms with Gasteiger partial charge in [0, 0.05) is 19.1 Å². The molecule has 0 bridgehead atoms.